The molecule has 6 heteroatoms. The summed E-state index contributed by atoms with van der Waals surface area (Å²) in [5.41, 5.74) is 7.74. The van der Waals surface area contributed by atoms with E-state index in [1.54, 1.807) is 0 Å². The summed E-state index contributed by atoms with van der Waals surface area (Å²) in [7, 11) is 0. The minimum Gasteiger partial charge on any atom is -0.349 e. The van der Waals surface area contributed by atoms with Gasteiger partial charge in [0, 0.05) is 17.1 Å². The van der Waals surface area contributed by atoms with E-state index < -0.39 is 5.54 Å². The molecule has 2 fully saturated rings. The van der Waals surface area contributed by atoms with Crippen molar-refractivity contribution in [3.63, 3.8) is 0 Å². The lowest BCUT2D eigenvalue weighted by Gasteiger charge is -2.37. The predicted molar refractivity (Wildman–Crippen MR) is 106 cm³/mol. The van der Waals surface area contributed by atoms with E-state index in [1.807, 2.05) is 38.1 Å². The second-order valence-electron chi connectivity index (χ2n) is 7.92. The van der Waals surface area contributed by atoms with Crippen LogP contribution in [0.2, 0.25) is 0 Å². The number of carbonyl (C=O) groups is 2. The summed E-state index contributed by atoms with van der Waals surface area (Å²) in [4.78, 5) is 24.4. The molecule has 0 heterocycles. The minimum absolute atomic E-state index is 0. The molecule has 0 aliphatic heterocycles. The first kappa shape index (κ1) is 20.7. The Hall–Kier alpha value is -1.59. The van der Waals surface area contributed by atoms with Gasteiger partial charge in [0.1, 0.15) is 0 Å². The quantitative estimate of drug-likeness (QED) is 0.731. The van der Waals surface area contributed by atoms with E-state index in [0.29, 0.717) is 0 Å². The number of nitrogens with one attached hydrogen (secondary N) is 2. The number of rotatable bonds is 5. The van der Waals surface area contributed by atoms with Gasteiger partial charge in [-0.05, 0) is 57.2 Å². The predicted octanol–water partition coefficient (Wildman–Crippen LogP) is 3.54. The van der Waals surface area contributed by atoms with E-state index in [4.69, 9.17) is 5.73 Å². The van der Waals surface area contributed by atoms with E-state index in [1.165, 1.54) is 0 Å². The van der Waals surface area contributed by atoms with Gasteiger partial charge in [-0.3, -0.25) is 9.59 Å². The molecule has 1 aromatic carbocycles. The van der Waals surface area contributed by atoms with Gasteiger partial charge in [0.05, 0.1) is 12.0 Å². The lowest BCUT2D eigenvalue weighted by Crippen LogP contribution is -2.53. The lowest BCUT2D eigenvalue weighted by atomic mass is 9.74. The topological polar surface area (TPSA) is 84.2 Å². The van der Waals surface area contributed by atoms with Crippen molar-refractivity contribution in [3.8, 4) is 0 Å². The summed E-state index contributed by atoms with van der Waals surface area (Å²) in [6, 6.07) is 7.61. The average Bonchev–Trinajstić information content (AvgIpc) is 3.39. The number of benzene rings is 1. The second kappa shape index (κ2) is 8.40. The summed E-state index contributed by atoms with van der Waals surface area (Å²) < 4.78 is 0. The van der Waals surface area contributed by atoms with Crippen molar-refractivity contribution in [1.29, 1.82) is 0 Å². The molecule has 0 aromatic heterocycles. The van der Waals surface area contributed by atoms with Gasteiger partial charge in [-0.25, -0.2) is 0 Å². The van der Waals surface area contributed by atoms with Crippen LogP contribution in [0.3, 0.4) is 0 Å². The van der Waals surface area contributed by atoms with Gasteiger partial charge in [0.25, 0.3) is 0 Å². The molecule has 2 aliphatic carbocycles. The summed E-state index contributed by atoms with van der Waals surface area (Å²) >= 11 is 0. The molecule has 144 valence electrons. The van der Waals surface area contributed by atoms with Crippen LogP contribution in [0.5, 0.6) is 0 Å². The molecule has 2 amide bonds. The fourth-order valence-corrected chi connectivity index (χ4v) is 3.63. The lowest BCUT2D eigenvalue weighted by molar-refractivity contribution is -0.128. The molecule has 3 atom stereocenters. The van der Waals surface area contributed by atoms with Gasteiger partial charge < -0.3 is 16.4 Å². The SMILES string of the molecule is CC(NC(=O)C1CCCCC1(C)N)c1ccc(NC(=O)C2CC2)cc1.Cl. The van der Waals surface area contributed by atoms with Crippen molar-refractivity contribution in [1.82, 2.24) is 5.32 Å². The molecule has 0 saturated heterocycles. The first-order valence-electron chi connectivity index (χ1n) is 9.37. The third kappa shape index (κ3) is 4.98. The van der Waals surface area contributed by atoms with E-state index in [9.17, 15) is 9.59 Å². The van der Waals surface area contributed by atoms with Gasteiger partial charge in [-0.15, -0.1) is 12.4 Å². The Balaban J connectivity index is 0.00000243. The van der Waals surface area contributed by atoms with Crippen LogP contribution in [-0.2, 0) is 9.59 Å². The molecule has 0 bridgehead atoms. The Morgan fingerprint density at radius 3 is 2.35 bits per heavy atom. The highest BCUT2D eigenvalue weighted by atomic mass is 35.5. The van der Waals surface area contributed by atoms with Crippen LogP contribution in [0, 0.1) is 11.8 Å². The molecule has 2 saturated carbocycles. The van der Waals surface area contributed by atoms with Crippen molar-refractivity contribution in [2.75, 3.05) is 5.32 Å². The third-order valence-electron chi connectivity index (χ3n) is 5.56. The van der Waals surface area contributed by atoms with Crippen molar-refractivity contribution >= 4 is 29.9 Å². The van der Waals surface area contributed by atoms with Gasteiger partial charge >= 0.3 is 0 Å². The summed E-state index contributed by atoms with van der Waals surface area (Å²) in [5.74, 6) is 0.219. The number of carbonyl (C=O) groups excluding carboxylic acids is 2. The molecule has 2 aliphatic rings. The summed E-state index contributed by atoms with van der Waals surface area (Å²) in [6.45, 7) is 3.96. The van der Waals surface area contributed by atoms with Gasteiger partial charge in [0.15, 0.2) is 0 Å². The molecule has 5 nitrogen and oxygen atoms in total. The highest BCUT2D eigenvalue weighted by Gasteiger charge is 2.38. The fourth-order valence-electron chi connectivity index (χ4n) is 3.63. The van der Waals surface area contributed by atoms with Gasteiger partial charge in [0.2, 0.25) is 11.8 Å². The number of nitrogens with two attached hydrogens (primary N) is 1. The second-order valence-corrected chi connectivity index (χ2v) is 7.92. The first-order valence-corrected chi connectivity index (χ1v) is 9.37. The molecule has 0 radical (unpaired) electrons. The molecule has 26 heavy (non-hydrogen) atoms. The van der Waals surface area contributed by atoms with Crippen molar-refractivity contribution < 1.29 is 9.59 Å². The smallest absolute Gasteiger partial charge is 0.227 e. The number of anilines is 1. The zero-order chi connectivity index (χ0) is 18.0. The van der Waals surface area contributed by atoms with Crippen LogP contribution in [0.25, 0.3) is 0 Å². The number of hydrogen-bond donors (Lipinski definition) is 3. The number of hydrogen-bond acceptors (Lipinski definition) is 3. The van der Waals surface area contributed by atoms with Crippen LogP contribution in [0.1, 0.15) is 64.0 Å². The summed E-state index contributed by atoms with van der Waals surface area (Å²) in [6.07, 6.45) is 5.91. The molecule has 1 aromatic rings. The van der Waals surface area contributed by atoms with Crippen molar-refractivity contribution in [2.45, 2.75) is 64.0 Å². The van der Waals surface area contributed by atoms with Crippen molar-refractivity contribution in [2.24, 2.45) is 17.6 Å². The zero-order valence-corrected chi connectivity index (χ0v) is 16.4. The van der Waals surface area contributed by atoms with Gasteiger partial charge in [-0.2, -0.15) is 0 Å². The maximum atomic E-state index is 12.6. The highest BCUT2D eigenvalue weighted by molar-refractivity contribution is 5.94. The molecule has 3 rings (SSSR count). The maximum Gasteiger partial charge on any atom is 0.227 e. The van der Waals surface area contributed by atoms with Crippen LogP contribution in [0.4, 0.5) is 5.69 Å². The van der Waals surface area contributed by atoms with E-state index in [2.05, 4.69) is 10.6 Å². The molecular formula is C20H30ClN3O2. The Morgan fingerprint density at radius 1 is 1.12 bits per heavy atom. The maximum absolute atomic E-state index is 12.6. The Labute approximate surface area is 161 Å². The van der Waals surface area contributed by atoms with Crippen molar-refractivity contribution in [3.05, 3.63) is 29.8 Å². The first-order chi connectivity index (χ1) is 11.9. The average molecular weight is 380 g/mol. The highest BCUT2D eigenvalue weighted by Crippen LogP contribution is 2.32. The third-order valence-corrected chi connectivity index (χ3v) is 5.56. The monoisotopic (exact) mass is 379 g/mol. The molecule has 0 spiro atoms. The summed E-state index contributed by atoms with van der Waals surface area (Å²) in [5, 5.41) is 6.03. The molecular weight excluding hydrogens is 350 g/mol. The van der Waals surface area contributed by atoms with Crippen LogP contribution < -0.4 is 16.4 Å². The number of amides is 2. The zero-order valence-electron chi connectivity index (χ0n) is 15.6. The Bertz CT molecular complexity index is 641. The largest absolute Gasteiger partial charge is 0.349 e. The van der Waals surface area contributed by atoms with E-state index in [-0.39, 0.29) is 42.1 Å². The Kier molecular flexibility index (Phi) is 6.69. The normalized spacial score (nSPS) is 26.3. The van der Waals surface area contributed by atoms with Crippen LogP contribution in [-0.4, -0.2) is 17.4 Å². The minimum atomic E-state index is -0.418. The van der Waals surface area contributed by atoms with Crippen LogP contribution >= 0.6 is 12.4 Å². The standard InChI is InChI=1S/C20H29N3O2.ClH/c1-13(22-19(25)17-5-3-4-12-20(17,2)21)14-8-10-16(11-9-14)23-18(24)15-6-7-15;/h8-11,13,15,17H,3-7,12,21H2,1-2H3,(H,22,25)(H,23,24);1H. The van der Waals surface area contributed by atoms with E-state index >= 15 is 0 Å². The van der Waals surface area contributed by atoms with E-state index in [0.717, 1.165) is 49.8 Å². The Morgan fingerprint density at radius 2 is 1.77 bits per heavy atom. The van der Waals surface area contributed by atoms with Gasteiger partial charge in [-0.1, -0.05) is 25.0 Å². The molecule has 3 unspecified atom stereocenters. The fraction of sp³-hybridized carbons (Fsp3) is 0.600. The number of halogens is 1. The van der Waals surface area contributed by atoms with Crippen LogP contribution in [0.15, 0.2) is 24.3 Å². The molecule has 4 N–H and O–H groups in total.